The van der Waals surface area contributed by atoms with Crippen molar-refractivity contribution >= 4 is 55.4 Å². The van der Waals surface area contributed by atoms with E-state index < -0.39 is 17.7 Å². The first-order valence-electron chi connectivity index (χ1n) is 13.3. The van der Waals surface area contributed by atoms with Crippen molar-refractivity contribution in [1.82, 2.24) is 14.5 Å². The van der Waals surface area contributed by atoms with E-state index >= 15 is 0 Å². The number of nitrogens with zero attached hydrogens (tertiary/aromatic N) is 3. The highest BCUT2D eigenvalue weighted by Crippen LogP contribution is 2.39. The topological polar surface area (TPSA) is 133 Å². The lowest BCUT2D eigenvalue weighted by atomic mass is 10.1. The number of fused-ring (bicyclic) bond motifs is 1. The maximum atomic E-state index is 12.2. The van der Waals surface area contributed by atoms with Crippen LogP contribution in [-0.4, -0.2) is 44.8 Å². The third-order valence-electron chi connectivity index (χ3n) is 6.82. The molecule has 0 unspecified atom stereocenters. The van der Waals surface area contributed by atoms with Gasteiger partial charge >= 0.3 is 6.09 Å². The molecule has 0 spiro atoms. The van der Waals surface area contributed by atoms with Crippen LogP contribution < -0.4 is 21.1 Å². The van der Waals surface area contributed by atoms with Gasteiger partial charge in [-0.3, -0.25) is 10.1 Å². The lowest BCUT2D eigenvalue weighted by Gasteiger charge is -2.19. The number of carbonyl (C=O) groups is 2. The molecule has 204 valence electrons. The molecule has 6 rings (SSSR count). The van der Waals surface area contributed by atoms with Crippen molar-refractivity contribution in [1.29, 1.82) is 0 Å². The van der Waals surface area contributed by atoms with Gasteiger partial charge in [-0.2, -0.15) is 0 Å². The SMILES string of the molecule is CC(C)(C)OC(=O)Nc1nc2ccc(-c3nc4cc(N[C@H](C(N)=O)C5CC5)cc5c4n3CCCCO5)cc2s1. The summed E-state index contributed by atoms with van der Waals surface area (Å²) in [6.07, 6.45) is 3.36. The summed E-state index contributed by atoms with van der Waals surface area (Å²) in [5.74, 6) is 1.51. The highest BCUT2D eigenvalue weighted by atomic mass is 32.1. The summed E-state index contributed by atoms with van der Waals surface area (Å²) >= 11 is 1.39. The Labute approximate surface area is 229 Å². The van der Waals surface area contributed by atoms with Gasteiger partial charge in [0.1, 0.15) is 28.7 Å². The van der Waals surface area contributed by atoms with Crippen LogP contribution in [0.1, 0.15) is 46.5 Å². The number of carbonyl (C=O) groups excluding carboxylic acids is 2. The molecule has 2 aliphatic rings. The molecule has 10 nitrogen and oxygen atoms in total. The predicted octanol–water partition coefficient (Wildman–Crippen LogP) is 5.51. The number of ether oxygens (including phenoxy) is 2. The van der Waals surface area contributed by atoms with Crippen LogP contribution in [0.2, 0.25) is 0 Å². The van der Waals surface area contributed by atoms with Crippen LogP contribution in [0.5, 0.6) is 5.75 Å². The number of amides is 2. The van der Waals surface area contributed by atoms with E-state index in [1.54, 1.807) is 0 Å². The minimum Gasteiger partial charge on any atom is -0.491 e. The number of hydrogen-bond acceptors (Lipinski definition) is 8. The Bertz CT molecular complexity index is 1580. The fraction of sp³-hybridized carbons (Fsp3) is 0.429. The number of benzene rings is 2. The maximum Gasteiger partial charge on any atom is 0.413 e. The number of nitrogens with one attached hydrogen (secondary N) is 2. The number of imidazole rings is 1. The van der Waals surface area contributed by atoms with Crippen molar-refractivity contribution in [3.63, 3.8) is 0 Å². The number of aromatic nitrogens is 3. The smallest absolute Gasteiger partial charge is 0.413 e. The van der Waals surface area contributed by atoms with Crippen LogP contribution in [0.3, 0.4) is 0 Å². The quantitative estimate of drug-likeness (QED) is 0.289. The Morgan fingerprint density at radius 1 is 1.15 bits per heavy atom. The Balaban J connectivity index is 1.36. The summed E-state index contributed by atoms with van der Waals surface area (Å²) in [6, 6.07) is 9.51. The molecule has 2 aromatic heterocycles. The minimum absolute atomic E-state index is 0.274. The van der Waals surface area contributed by atoms with Crippen molar-refractivity contribution in [3.05, 3.63) is 30.3 Å². The molecular weight excluding hydrogens is 516 g/mol. The van der Waals surface area contributed by atoms with Crippen molar-refractivity contribution in [3.8, 4) is 17.1 Å². The van der Waals surface area contributed by atoms with Gasteiger partial charge in [0.25, 0.3) is 0 Å². The molecule has 11 heteroatoms. The fourth-order valence-corrected chi connectivity index (χ4v) is 5.84. The van der Waals surface area contributed by atoms with Gasteiger partial charge in [0, 0.05) is 23.9 Å². The molecule has 1 aliphatic carbocycles. The molecular formula is C28H32N6O4S. The highest BCUT2D eigenvalue weighted by molar-refractivity contribution is 7.22. The molecule has 4 aromatic rings. The van der Waals surface area contributed by atoms with Gasteiger partial charge < -0.3 is 25.1 Å². The van der Waals surface area contributed by atoms with E-state index in [0.717, 1.165) is 76.3 Å². The molecule has 0 saturated heterocycles. The van der Waals surface area contributed by atoms with E-state index in [0.29, 0.717) is 11.7 Å². The van der Waals surface area contributed by atoms with E-state index in [4.69, 9.17) is 20.2 Å². The van der Waals surface area contributed by atoms with Gasteiger partial charge in [-0.15, -0.1) is 0 Å². The van der Waals surface area contributed by atoms with Crippen LogP contribution >= 0.6 is 11.3 Å². The Morgan fingerprint density at radius 2 is 1.97 bits per heavy atom. The Kier molecular flexibility index (Phi) is 6.33. The normalized spacial score (nSPS) is 16.3. The second kappa shape index (κ2) is 9.71. The molecule has 0 radical (unpaired) electrons. The molecule has 39 heavy (non-hydrogen) atoms. The minimum atomic E-state index is -0.591. The second-order valence-corrected chi connectivity index (χ2v) is 12.2. The van der Waals surface area contributed by atoms with Crippen molar-refractivity contribution in [2.24, 2.45) is 11.7 Å². The van der Waals surface area contributed by atoms with Gasteiger partial charge in [-0.05, 0) is 76.6 Å². The zero-order chi connectivity index (χ0) is 27.3. The highest BCUT2D eigenvalue weighted by Gasteiger charge is 2.35. The van der Waals surface area contributed by atoms with E-state index in [-0.39, 0.29) is 11.8 Å². The molecule has 3 heterocycles. The number of thiazole rings is 1. The number of aryl methyl sites for hydroxylation is 1. The van der Waals surface area contributed by atoms with Crippen LogP contribution in [-0.2, 0) is 16.1 Å². The molecule has 4 N–H and O–H groups in total. The molecule has 2 amide bonds. The average molecular weight is 549 g/mol. The van der Waals surface area contributed by atoms with Crippen LogP contribution in [0.4, 0.5) is 15.6 Å². The van der Waals surface area contributed by atoms with Crippen molar-refractivity contribution in [2.75, 3.05) is 17.2 Å². The first kappa shape index (κ1) is 25.4. The van der Waals surface area contributed by atoms with E-state index in [2.05, 4.69) is 20.2 Å². The molecule has 1 saturated carbocycles. The van der Waals surface area contributed by atoms with Crippen LogP contribution in [0, 0.1) is 5.92 Å². The lowest BCUT2D eigenvalue weighted by molar-refractivity contribution is -0.119. The summed E-state index contributed by atoms with van der Waals surface area (Å²) in [5, 5.41) is 6.55. The summed E-state index contributed by atoms with van der Waals surface area (Å²) < 4.78 is 14.7. The lowest BCUT2D eigenvalue weighted by Crippen LogP contribution is -2.37. The molecule has 2 aromatic carbocycles. The maximum absolute atomic E-state index is 12.2. The molecule has 1 aliphatic heterocycles. The Morgan fingerprint density at radius 3 is 2.72 bits per heavy atom. The number of anilines is 2. The van der Waals surface area contributed by atoms with Gasteiger partial charge in [0.15, 0.2) is 5.13 Å². The Hall–Kier alpha value is -3.86. The monoisotopic (exact) mass is 548 g/mol. The van der Waals surface area contributed by atoms with E-state index in [1.807, 2.05) is 51.1 Å². The first-order valence-corrected chi connectivity index (χ1v) is 14.1. The van der Waals surface area contributed by atoms with E-state index in [1.165, 1.54) is 11.3 Å². The summed E-state index contributed by atoms with van der Waals surface area (Å²) in [4.78, 5) is 33.9. The molecule has 1 fully saturated rings. The number of hydrogen-bond donors (Lipinski definition) is 3. The third-order valence-corrected chi connectivity index (χ3v) is 7.75. The number of primary amides is 1. The average Bonchev–Trinajstić information content (AvgIpc) is 3.49. The van der Waals surface area contributed by atoms with Gasteiger partial charge in [0.2, 0.25) is 5.91 Å². The van der Waals surface area contributed by atoms with Gasteiger partial charge in [-0.1, -0.05) is 11.3 Å². The van der Waals surface area contributed by atoms with Crippen LogP contribution in [0.15, 0.2) is 30.3 Å². The summed E-state index contributed by atoms with van der Waals surface area (Å²) in [5.41, 5.74) is 9.33. The summed E-state index contributed by atoms with van der Waals surface area (Å²) in [7, 11) is 0. The zero-order valence-electron chi connectivity index (χ0n) is 22.2. The van der Waals surface area contributed by atoms with Gasteiger partial charge in [0.05, 0.1) is 22.3 Å². The van der Waals surface area contributed by atoms with Crippen molar-refractivity contribution in [2.45, 2.75) is 64.6 Å². The summed E-state index contributed by atoms with van der Waals surface area (Å²) in [6.45, 7) is 6.90. The van der Waals surface area contributed by atoms with E-state index in [9.17, 15) is 9.59 Å². The zero-order valence-corrected chi connectivity index (χ0v) is 23.1. The van der Waals surface area contributed by atoms with Crippen molar-refractivity contribution < 1.29 is 19.1 Å². The molecule has 1 atom stereocenters. The second-order valence-electron chi connectivity index (χ2n) is 11.2. The largest absolute Gasteiger partial charge is 0.491 e. The van der Waals surface area contributed by atoms with Crippen LogP contribution in [0.25, 0.3) is 32.6 Å². The predicted molar refractivity (Wildman–Crippen MR) is 152 cm³/mol. The first-order chi connectivity index (χ1) is 18.6. The number of nitrogens with two attached hydrogens (primary N) is 1. The standard InChI is InChI=1S/C28H32N6O4S/c1-28(2,3)38-27(36)33-26-32-18-9-8-16(12-21(18)39-26)25-31-19-13-17(30-22(24(29)35)15-6-7-15)14-20-23(19)34(25)10-4-5-11-37-20/h8-9,12-15,22,30H,4-7,10-11H2,1-3H3,(H2,29,35)(H,32,33,36)/t22-/m0/s1. The third kappa shape index (κ3) is 5.36. The number of rotatable bonds is 6. The fourth-order valence-electron chi connectivity index (χ4n) is 4.95. The van der Waals surface area contributed by atoms with Gasteiger partial charge in [-0.25, -0.2) is 14.8 Å². The molecule has 0 bridgehead atoms.